The van der Waals surface area contributed by atoms with Crippen molar-refractivity contribution in [1.29, 1.82) is 0 Å². The van der Waals surface area contributed by atoms with Crippen LogP contribution in [0.4, 0.5) is 4.39 Å². The van der Waals surface area contributed by atoms with Crippen molar-refractivity contribution in [2.75, 3.05) is 26.9 Å². The number of halogens is 1. The van der Waals surface area contributed by atoms with Crippen LogP contribution >= 0.6 is 0 Å². The van der Waals surface area contributed by atoms with Crippen molar-refractivity contribution < 1.29 is 23.4 Å². The second kappa shape index (κ2) is 8.10. The van der Waals surface area contributed by atoms with Gasteiger partial charge in [0, 0.05) is 42.7 Å². The smallest absolute Gasteiger partial charge is 0.233 e. The van der Waals surface area contributed by atoms with Crippen LogP contribution in [-0.2, 0) is 16.0 Å². The predicted molar refractivity (Wildman–Crippen MR) is 98.7 cm³/mol. The van der Waals surface area contributed by atoms with Gasteiger partial charge in [-0.15, -0.1) is 10.2 Å². The Labute approximate surface area is 162 Å². The number of nitrogens with one attached hydrogen (secondary N) is 1. The summed E-state index contributed by atoms with van der Waals surface area (Å²) in [5.41, 5.74) is 1.81. The molecule has 2 aliphatic rings. The molecule has 0 bridgehead atoms. The highest BCUT2D eigenvalue weighted by molar-refractivity contribution is 5.78. The first-order chi connectivity index (χ1) is 13.6. The summed E-state index contributed by atoms with van der Waals surface area (Å²) in [6.45, 7) is 1.62. The molecule has 7 nitrogen and oxygen atoms in total. The standard InChI is InChI=1S/C20H22FN3O4/c1-26-18-3-2-17(23-24-18)16-10-14(21)8-13-9-15(28-19(13)16)11-22-20(25)12-4-6-27-7-5-12/h2-3,8,10,12,15H,4-7,9,11H2,1H3,(H,22,25)/t15-/m0/s1. The Morgan fingerprint density at radius 2 is 2.11 bits per heavy atom. The molecule has 28 heavy (non-hydrogen) atoms. The zero-order valence-electron chi connectivity index (χ0n) is 15.6. The van der Waals surface area contributed by atoms with Gasteiger partial charge in [0.1, 0.15) is 17.7 Å². The lowest BCUT2D eigenvalue weighted by molar-refractivity contribution is -0.128. The van der Waals surface area contributed by atoms with Crippen molar-refractivity contribution in [3.05, 3.63) is 35.6 Å². The third-order valence-electron chi connectivity index (χ3n) is 5.08. The van der Waals surface area contributed by atoms with E-state index in [1.807, 2.05) is 0 Å². The van der Waals surface area contributed by atoms with Gasteiger partial charge < -0.3 is 19.5 Å². The van der Waals surface area contributed by atoms with Crippen LogP contribution in [0.3, 0.4) is 0 Å². The minimum Gasteiger partial charge on any atom is -0.487 e. The summed E-state index contributed by atoms with van der Waals surface area (Å²) in [5.74, 6) is 0.620. The highest BCUT2D eigenvalue weighted by Crippen LogP contribution is 2.39. The van der Waals surface area contributed by atoms with Gasteiger partial charge in [0.05, 0.1) is 19.3 Å². The van der Waals surface area contributed by atoms with Crippen LogP contribution in [0.1, 0.15) is 18.4 Å². The van der Waals surface area contributed by atoms with Gasteiger partial charge in [0.25, 0.3) is 0 Å². The molecule has 4 rings (SSSR count). The third-order valence-corrected chi connectivity index (χ3v) is 5.08. The second-order valence-corrected chi connectivity index (χ2v) is 6.98. The summed E-state index contributed by atoms with van der Waals surface area (Å²) in [7, 11) is 1.51. The molecule has 1 saturated heterocycles. The van der Waals surface area contributed by atoms with Crippen LogP contribution in [-0.4, -0.2) is 49.1 Å². The molecule has 2 aromatic rings. The largest absolute Gasteiger partial charge is 0.487 e. The molecular weight excluding hydrogens is 365 g/mol. The molecular formula is C20H22FN3O4. The van der Waals surface area contributed by atoms with Gasteiger partial charge in [-0.3, -0.25) is 4.79 Å². The lowest BCUT2D eigenvalue weighted by Crippen LogP contribution is -2.39. The number of methoxy groups -OCH3 is 1. The Hall–Kier alpha value is -2.74. The van der Waals surface area contributed by atoms with E-state index in [0.717, 1.165) is 18.4 Å². The quantitative estimate of drug-likeness (QED) is 0.847. The van der Waals surface area contributed by atoms with E-state index < -0.39 is 0 Å². The Morgan fingerprint density at radius 3 is 2.82 bits per heavy atom. The zero-order valence-corrected chi connectivity index (χ0v) is 15.6. The molecule has 0 spiro atoms. The van der Waals surface area contributed by atoms with Gasteiger partial charge in [-0.1, -0.05) is 0 Å². The van der Waals surface area contributed by atoms with Crippen LogP contribution in [0, 0.1) is 11.7 Å². The van der Waals surface area contributed by atoms with E-state index in [0.29, 0.717) is 49.1 Å². The maximum atomic E-state index is 14.1. The number of carbonyl (C=O) groups excluding carboxylic acids is 1. The van der Waals surface area contributed by atoms with Crippen LogP contribution in [0.25, 0.3) is 11.3 Å². The van der Waals surface area contributed by atoms with E-state index in [1.165, 1.54) is 19.2 Å². The first-order valence-electron chi connectivity index (χ1n) is 9.36. The summed E-state index contributed by atoms with van der Waals surface area (Å²) in [4.78, 5) is 12.3. The summed E-state index contributed by atoms with van der Waals surface area (Å²) in [6.07, 6.45) is 1.76. The maximum absolute atomic E-state index is 14.1. The zero-order chi connectivity index (χ0) is 19.5. The average molecular weight is 387 g/mol. The molecule has 0 unspecified atom stereocenters. The number of rotatable bonds is 5. The number of carbonyl (C=O) groups is 1. The van der Waals surface area contributed by atoms with E-state index in [1.54, 1.807) is 12.1 Å². The topological polar surface area (TPSA) is 82.6 Å². The average Bonchev–Trinajstić information content (AvgIpc) is 3.15. The fourth-order valence-electron chi connectivity index (χ4n) is 3.59. The van der Waals surface area contributed by atoms with Crippen LogP contribution in [0.2, 0.25) is 0 Å². The first kappa shape index (κ1) is 18.6. The SMILES string of the molecule is COc1ccc(-c2cc(F)cc3c2O[C@H](CNC(=O)C2CCOCC2)C3)nn1. The summed E-state index contributed by atoms with van der Waals surface area (Å²) in [6, 6.07) is 6.24. The molecule has 8 heteroatoms. The molecule has 3 heterocycles. The van der Waals surface area contributed by atoms with Crippen molar-refractivity contribution in [1.82, 2.24) is 15.5 Å². The number of ether oxygens (including phenoxy) is 3. The number of fused-ring (bicyclic) bond motifs is 1. The fraction of sp³-hybridized carbons (Fsp3) is 0.450. The second-order valence-electron chi connectivity index (χ2n) is 6.98. The number of amides is 1. The minimum atomic E-state index is -0.359. The predicted octanol–water partition coefficient (Wildman–Crippen LogP) is 2.14. The molecule has 1 aromatic carbocycles. The highest BCUT2D eigenvalue weighted by atomic mass is 19.1. The summed E-state index contributed by atoms with van der Waals surface area (Å²) < 4.78 is 30.5. The lowest BCUT2D eigenvalue weighted by Gasteiger charge is -2.22. The van der Waals surface area contributed by atoms with Crippen molar-refractivity contribution in [2.45, 2.75) is 25.4 Å². The highest BCUT2D eigenvalue weighted by Gasteiger charge is 2.29. The van der Waals surface area contributed by atoms with E-state index in [4.69, 9.17) is 14.2 Å². The van der Waals surface area contributed by atoms with Gasteiger partial charge in [0.2, 0.25) is 11.8 Å². The Kier molecular flexibility index (Phi) is 5.38. The minimum absolute atomic E-state index is 0.0138. The van der Waals surface area contributed by atoms with E-state index in [9.17, 15) is 9.18 Å². The number of benzene rings is 1. The molecule has 0 saturated carbocycles. The molecule has 1 amide bonds. The molecule has 2 aliphatic heterocycles. The Bertz CT molecular complexity index is 853. The van der Waals surface area contributed by atoms with E-state index in [-0.39, 0.29) is 23.7 Å². The Morgan fingerprint density at radius 1 is 1.29 bits per heavy atom. The van der Waals surface area contributed by atoms with Gasteiger partial charge in [-0.2, -0.15) is 0 Å². The third kappa shape index (κ3) is 3.91. The fourth-order valence-corrected chi connectivity index (χ4v) is 3.59. The first-order valence-corrected chi connectivity index (χ1v) is 9.36. The maximum Gasteiger partial charge on any atom is 0.233 e. The van der Waals surface area contributed by atoms with Crippen LogP contribution in [0.5, 0.6) is 11.6 Å². The lowest BCUT2D eigenvalue weighted by atomic mass is 9.99. The van der Waals surface area contributed by atoms with Crippen molar-refractivity contribution in [3.8, 4) is 22.9 Å². The monoisotopic (exact) mass is 387 g/mol. The Balaban J connectivity index is 1.45. The molecule has 0 aliphatic carbocycles. The molecule has 0 radical (unpaired) electrons. The molecule has 1 aromatic heterocycles. The van der Waals surface area contributed by atoms with E-state index >= 15 is 0 Å². The van der Waals surface area contributed by atoms with Crippen LogP contribution in [0.15, 0.2) is 24.3 Å². The number of hydrogen-bond acceptors (Lipinski definition) is 6. The number of nitrogens with zero attached hydrogens (tertiary/aromatic N) is 2. The number of hydrogen-bond donors (Lipinski definition) is 1. The van der Waals surface area contributed by atoms with Gasteiger partial charge >= 0.3 is 0 Å². The molecule has 1 N–H and O–H groups in total. The summed E-state index contributed by atoms with van der Waals surface area (Å²) >= 11 is 0. The van der Waals surface area contributed by atoms with Gasteiger partial charge in [0.15, 0.2) is 0 Å². The van der Waals surface area contributed by atoms with E-state index in [2.05, 4.69) is 15.5 Å². The van der Waals surface area contributed by atoms with Crippen molar-refractivity contribution >= 4 is 5.91 Å². The molecule has 1 fully saturated rings. The van der Waals surface area contributed by atoms with Gasteiger partial charge in [-0.25, -0.2) is 4.39 Å². The number of aromatic nitrogens is 2. The van der Waals surface area contributed by atoms with Crippen molar-refractivity contribution in [3.63, 3.8) is 0 Å². The van der Waals surface area contributed by atoms with Crippen LogP contribution < -0.4 is 14.8 Å². The normalized spacial score (nSPS) is 19.0. The molecule has 148 valence electrons. The van der Waals surface area contributed by atoms with Gasteiger partial charge in [-0.05, 0) is 31.0 Å². The molecule has 1 atom stereocenters. The summed E-state index contributed by atoms with van der Waals surface area (Å²) in [5, 5.41) is 11.0. The van der Waals surface area contributed by atoms with Crippen molar-refractivity contribution in [2.24, 2.45) is 5.92 Å².